The zero-order valence-electron chi connectivity index (χ0n) is 16.9. The third-order valence-electron chi connectivity index (χ3n) is 3.96. The van der Waals surface area contributed by atoms with Crippen LogP contribution in [0, 0.1) is 5.92 Å². The first-order valence-electron chi connectivity index (χ1n) is 9.46. The van der Waals surface area contributed by atoms with Crippen molar-refractivity contribution in [2.75, 3.05) is 18.5 Å². The van der Waals surface area contributed by atoms with Crippen molar-refractivity contribution in [3.8, 4) is 5.75 Å². The Labute approximate surface area is 188 Å². The average Bonchev–Trinajstić information content (AvgIpc) is 3.22. The highest BCUT2D eigenvalue weighted by atomic mass is 32.2. The summed E-state index contributed by atoms with van der Waals surface area (Å²) in [6, 6.07) is 7.43. The lowest BCUT2D eigenvalue weighted by Gasteiger charge is -2.13. The van der Waals surface area contributed by atoms with Crippen LogP contribution in [0.1, 0.15) is 31.3 Å². The molecule has 1 aromatic heterocycles. The first-order chi connectivity index (χ1) is 14.4. The summed E-state index contributed by atoms with van der Waals surface area (Å²) >= 11 is 7.82. The molecule has 1 aliphatic rings. The van der Waals surface area contributed by atoms with E-state index in [-0.39, 0.29) is 18.4 Å². The number of ether oxygens (including phenoxy) is 1. The van der Waals surface area contributed by atoms with Crippen LogP contribution in [0.4, 0.5) is 5.13 Å². The highest BCUT2D eigenvalue weighted by Crippen LogP contribution is 2.32. The van der Waals surface area contributed by atoms with Gasteiger partial charge in [-0.1, -0.05) is 61.3 Å². The van der Waals surface area contributed by atoms with Crippen LogP contribution in [0.5, 0.6) is 5.75 Å². The maximum atomic E-state index is 12.7. The second kappa shape index (κ2) is 10.1. The quantitative estimate of drug-likeness (QED) is 0.469. The van der Waals surface area contributed by atoms with Crippen LogP contribution in [-0.4, -0.2) is 44.4 Å². The molecule has 1 fully saturated rings. The maximum absolute atomic E-state index is 12.7. The van der Waals surface area contributed by atoms with Gasteiger partial charge in [0.05, 0.1) is 11.5 Å². The zero-order valence-corrected chi connectivity index (χ0v) is 19.3. The van der Waals surface area contributed by atoms with E-state index < -0.39 is 0 Å². The van der Waals surface area contributed by atoms with E-state index in [1.54, 1.807) is 6.08 Å². The Kier molecular flexibility index (Phi) is 7.57. The van der Waals surface area contributed by atoms with Gasteiger partial charge in [0.2, 0.25) is 11.0 Å². The number of thiocarbonyl (C=S) groups is 1. The SMILES string of the molecule is CCOc1ccc(C=C2SC(=S)N(CC(=O)Nc3nnc(CC(C)C)s3)C2=O)cc1. The molecular weight excluding hydrogens is 440 g/mol. The van der Waals surface area contributed by atoms with Crippen molar-refractivity contribution in [1.29, 1.82) is 0 Å². The second-order valence-electron chi connectivity index (χ2n) is 6.92. The van der Waals surface area contributed by atoms with Crippen molar-refractivity contribution in [2.45, 2.75) is 27.2 Å². The molecule has 1 N–H and O–H groups in total. The molecule has 1 aromatic carbocycles. The van der Waals surface area contributed by atoms with Crippen molar-refractivity contribution < 1.29 is 14.3 Å². The molecular formula is C20H22N4O3S3. The maximum Gasteiger partial charge on any atom is 0.266 e. The summed E-state index contributed by atoms with van der Waals surface area (Å²) in [4.78, 5) is 26.9. The van der Waals surface area contributed by atoms with E-state index in [4.69, 9.17) is 17.0 Å². The largest absolute Gasteiger partial charge is 0.494 e. The average molecular weight is 463 g/mol. The first-order valence-corrected chi connectivity index (χ1v) is 11.5. The highest BCUT2D eigenvalue weighted by Gasteiger charge is 2.33. The molecule has 1 aliphatic heterocycles. The standard InChI is InChI=1S/C20H22N4O3S3/c1-4-27-14-7-5-13(6-8-14)10-15-18(26)24(20(28)29-15)11-16(25)21-19-23-22-17(30-19)9-12(2)3/h5-8,10,12H,4,9,11H2,1-3H3,(H,21,23,25). The van der Waals surface area contributed by atoms with Crippen molar-refractivity contribution in [3.05, 3.63) is 39.7 Å². The molecule has 0 radical (unpaired) electrons. The number of rotatable bonds is 8. The lowest BCUT2D eigenvalue weighted by Crippen LogP contribution is -2.36. The van der Waals surface area contributed by atoms with Gasteiger partial charge in [0, 0.05) is 6.42 Å². The number of hydrogen-bond donors (Lipinski definition) is 1. The molecule has 0 saturated carbocycles. The van der Waals surface area contributed by atoms with E-state index in [0.717, 1.165) is 22.7 Å². The number of thioether (sulfide) groups is 1. The van der Waals surface area contributed by atoms with Crippen LogP contribution in [0.25, 0.3) is 6.08 Å². The molecule has 0 aliphatic carbocycles. The molecule has 0 unspecified atom stereocenters. The highest BCUT2D eigenvalue weighted by molar-refractivity contribution is 8.26. The Morgan fingerprint density at radius 1 is 1.30 bits per heavy atom. The number of nitrogens with one attached hydrogen (secondary N) is 1. The van der Waals surface area contributed by atoms with Crippen LogP contribution in [0.2, 0.25) is 0 Å². The number of aromatic nitrogens is 2. The molecule has 0 spiro atoms. The zero-order chi connectivity index (χ0) is 21.7. The van der Waals surface area contributed by atoms with Gasteiger partial charge in [0.25, 0.3) is 5.91 Å². The fourth-order valence-corrected chi connectivity index (χ4v) is 4.88. The molecule has 2 aromatic rings. The van der Waals surface area contributed by atoms with E-state index in [9.17, 15) is 9.59 Å². The minimum absolute atomic E-state index is 0.162. The molecule has 1 saturated heterocycles. The van der Waals surface area contributed by atoms with Gasteiger partial charge in [-0.15, -0.1) is 10.2 Å². The van der Waals surface area contributed by atoms with E-state index in [1.807, 2.05) is 31.2 Å². The minimum atomic E-state index is -0.360. The van der Waals surface area contributed by atoms with E-state index in [2.05, 4.69) is 29.4 Å². The van der Waals surface area contributed by atoms with Crippen LogP contribution >= 0.6 is 35.3 Å². The summed E-state index contributed by atoms with van der Waals surface area (Å²) < 4.78 is 5.78. The minimum Gasteiger partial charge on any atom is -0.494 e. The third-order valence-corrected chi connectivity index (χ3v) is 6.20. The molecule has 30 heavy (non-hydrogen) atoms. The monoisotopic (exact) mass is 462 g/mol. The lowest BCUT2D eigenvalue weighted by molar-refractivity contribution is -0.126. The number of hydrogen-bond acceptors (Lipinski definition) is 8. The fraction of sp³-hybridized carbons (Fsp3) is 0.350. The Bertz CT molecular complexity index is 970. The molecule has 2 amide bonds. The smallest absolute Gasteiger partial charge is 0.266 e. The Morgan fingerprint density at radius 3 is 2.70 bits per heavy atom. The van der Waals surface area contributed by atoms with Crippen molar-refractivity contribution in [2.24, 2.45) is 5.92 Å². The van der Waals surface area contributed by atoms with E-state index in [1.165, 1.54) is 28.0 Å². The molecule has 3 rings (SSSR count). The van der Waals surface area contributed by atoms with Gasteiger partial charge in [-0.05, 0) is 36.6 Å². The van der Waals surface area contributed by atoms with Gasteiger partial charge >= 0.3 is 0 Å². The molecule has 0 bridgehead atoms. The molecule has 158 valence electrons. The number of carbonyl (C=O) groups excluding carboxylic acids is 2. The molecule has 0 atom stereocenters. The van der Waals surface area contributed by atoms with Crippen LogP contribution < -0.4 is 10.1 Å². The molecule has 7 nitrogen and oxygen atoms in total. The summed E-state index contributed by atoms with van der Waals surface area (Å²) in [5.41, 5.74) is 0.856. The number of carbonyl (C=O) groups is 2. The number of benzene rings is 1. The van der Waals surface area contributed by atoms with Crippen LogP contribution in [-0.2, 0) is 16.0 Å². The first kappa shape index (κ1) is 22.4. The van der Waals surface area contributed by atoms with E-state index in [0.29, 0.717) is 26.9 Å². The van der Waals surface area contributed by atoms with Crippen LogP contribution in [0.15, 0.2) is 29.2 Å². The predicted octanol–water partition coefficient (Wildman–Crippen LogP) is 3.98. The number of anilines is 1. The topological polar surface area (TPSA) is 84.4 Å². The Hall–Kier alpha value is -2.30. The van der Waals surface area contributed by atoms with Gasteiger partial charge in [0.15, 0.2) is 0 Å². The van der Waals surface area contributed by atoms with Gasteiger partial charge < -0.3 is 4.74 Å². The second-order valence-corrected chi connectivity index (χ2v) is 9.65. The normalized spacial score (nSPS) is 15.3. The Balaban J connectivity index is 1.61. The number of amides is 2. The van der Waals surface area contributed by atoms with Gasteiger partial charge in [-0.25, -0.2) is 0 Å². The predicted molar refractivity (Wildman–Crippen MR) is 125 cm³/mol. The van der Waals surface area contributed by atoms with Gasteiger partial charge in [0.1, 0.15) is 21.6 Å². The lowest BCUT2D eigenvalue weighted by atomic mass is 10.1. The van der Waals surface area contributed by atoms with E-state index >= 15 is 0 Å². The van der Waals surface area contributed by atoms with Crippen molar-refractivity contribution >= 4 is 62.7 Å². The summed E-state index contributed by atoms with van der Waals surface area (Å²) in [6.45, 7) is 6.54. The summed E-state index contributed by atoms with van der Waals surface area (Å²) in [5.74, 6) is 0.582. The molecule has 2 heterocycles. The van der Waals surface area contributed by atoms with Gasteiger partial charge in [-0.2, -0.15) is 0 Å². The van der Waals surface area contributed by atoms with Crippen LogP contribution in [0.3, 0.4) is 0 Å². The Morgan fingerprint density at radius 2 is 2.03 bits per heavy atom. The molecule has 10 heteroatoms. The van der Waals surface area contributed by atoms with Crippen molar-refractivity contribution in [1.82, 2.24) is 15.1 Å². The van der Waals surface area contributed by atoms with Gasteiger partial charge in [-0.3, -0.25) is 19.8 Å². The van der Waals surface area contributed by atoms with Crippen molar-refractivity contribution in [3.63, 3.8) is 0 Å². The number of nitrogens with zero attached hydrogens (tertiary/aromatic N) is 3. The summed E-state index contributed by atoms with van der Waals surface area (Å²) in [7, 11) is 0. The summed E-state index contributed by atoms with van der Waals surface area (Å²) in [5, 5.41) is 12.0. The fourth-order valence-electron chi connectivity index (χ4n) is 2.65. The summed E-state index contributed by atoms with van der Waals surface area (Å²) in [6.07, 6.45) is 2.56. The third kappa shape index (κ3) is 5.87.